The first-order chi connectivity index (χ1) is 27.1. The van der Waals surface area contributed by atoms with Gasteiger partial charge in [0.2, 0.25) is 0 Å². The fourth-order valence-electron chi connectivity index (χ4n) is 10.6. The minimum Gasteiger partial charge on any atom is -0.0623 e. The van der Waals surface area contributed by atoms with E-state index < -0.39 is 8.07 Å². The van der Waals surface area contributed by atoms with E-state index in [0.717, 1.165) is 0 Å². The third-order valence-electron chi connectivity index (χ3n) is 13.3. The molecule has 268 valence electrons. The normalized spacial score (nSPS) is 14.5. The molecule has 0 bridgehead atoms. The number of rotatable bonds is 3. The molecule has 9 aromatic rings. The molecule has 0 N–H and O–H groups in total. The predicted octanol–water partition coefficient (Wildman–Crippen LogP) is 13.9. The molecule has 0 amide bonds. The van der Waals surface area contributed by atoms with Gasteiger partial charge in [-0.3, -0.25) is 0 Å². The van der Waals surface area contributed by atoms with Gasteiger partial charge in [0, 0.05) is 5.41 Å². The lowest BCUT2D eigenvalue weighted by Crippen LogP contribution is -2.49. The summed E-state index contributed by atoms with van der Waals surface area (Å²) in [6.07, 6.45) is 0. The molecule has 0 spiro atoms. The zero-order valence-electron chi connectivity index (χ0n) is 33.0. The first-order valence-electron chi connectivity index (χ1n) is 20.1. The van der Waals surface area contributed by atoms with E-state index in [9.17, 15) is 0 Å². The highest BCUT2D eigenvalue weighted by molar-refractivity contribution is 7.04. The molecule has 1 aliphatic heterocycles. The Morgan fingerprint density at radius 3 is 1.84 bits per heavy atom. The van der Waals surface area contributed by atoms with Gasteiger partial charge in [-0.1, -0.05) is 178 Å². The summed E-state index contributed by atoms with van der Waals surface area (Å²) in [6.45, 7) is 14.3. The maximum Gasteiger partial charge on any atom is 0.113 e. The van der Waals surface area contributed by atoms with Gasteiger partial charge < -0.3 is 0 Å². The van der Waals surface area contributed by atoms with Crippen molar-refractivity contribution in [2.45, 2.75) is 46.2 Å². The minimum absolute atomic E-state index is 0.0616. The molecule has 1 heterocycles. The van der Waals surface area contributed by atoms with Gasteiger partial charge in [-0.15, -0.1) is 0 Å². The molecule has 0 aromatic heterocycles. The van der Waals surface area contributed by atoms with Crippen molar-refractivity contribution in [3.63, 3.8) is 0 Å². The van der Waals surface area contributed by atoms with Crippen molar-refractivity contribution in [1.82, 2.24) is 0 Å². The summed E-state index contributed by atoms with van der Waals surface area (Å²) >= 11 is 0. The molecular formula is C55H44Si. The Bertz CT molecular complexity index is 3130. The molecule has 1 aliphatic carbocycles. The molecular weight excluding hydrogens is 689 g/mol. The number of fused-ring (bicyclic) bond motifs is 9. The minimum atomic E-state index is -1.97. The summed E-state index contributed by atoms with van der Waals surface area (Å²) in [6, 6.07) is 60.7. The van der Waals surface area contributed by atoms with Gasteiger partial charge in [-0.05, 0) is 141 Å². The second-order valence-electron chi connectivity index (χ2n) is 17.5. The lowest BCUT2D eigenvalue weighted by atomic mass is 9.81. The molecule has 0 saturated carbocycles. The fraction of sp³-hybridized carbons (Fsp3) is 0.127. The van der Waals surface area contributed by atoms with Crippen molar-refractivity contribution in [1.29, 1.82) is 0 Å². The van der Waals surface area contributed by atoms with Crippen molar-refractivity contribution >= 4 is 50.8 Å². The molecule has 0 nitrogen and oxygen atoms in total. The van der Waals surface area contributed by atoms with Gasteiger partial charge in [-0.25, -0.2) is 0 Å². The number of hydrogen-bond donors (Lipinski definition) is 0. The van der Waals surface area contributed by atoms with Crippen molar-refractivity contribution in [3.05, 3.63) is 180 Å². The van der Waals surface area contributed by atoms with Crippen LogP contribution in [-0.2, 0) is 5.41 Å². The monoisotopic (exact) mass is 732 g/mol. The summed E-state index contributed by atoms with van der Waals surface area (Å²) in [5, 5.41) is 10.9. The van der Waals surface area contributed by atoms with Gasteiger partial charge in [0.05, 0.1) is 0 Å². The summed E-state index contributed by atoms with van der Waals surface area (Å²) in [4.78, 5) is 0. The quantitative estimate of drug-likeness (QED) is 0.125. The third-order valence-corrected chi connectivity index (χ3v) is 16.8. The maximum absolute atomic E-state index is 2.63. The van der Waals surface area contributed by atoms with Crippen molar-refractivity contribution < 1.29 is 0 Å². The Hall–Kier alpha value is -6.02. The number of aryl methyl sites for hydroxylation is 2. The predicted molar refractivity (Wildman–Crippen MR) is 244 cm³/mol. The zero-order chi connectivity index (χ0) is 38.1. The van der Waals surface area contributed by atoms with Crippen LogP contribution in [0.5, 0.6) is 0 Å². The Morgan fingerprint density at radius 2 is 1.00 bits per heavy atom. The zero-order valence-corrected chi connectivity index (χ0v) is 34.0. The molecule has 2 aliphatic rings. The van der Waals surface area contributed by atoms with E-state index in [1.54, 1.807) is 5.19 Å². The highest BCUT2D eigenvalue weighted by Crippen LogP contribution is 2.51. The van der Waals surface area contributed by atoms with Gasteiger partial charge >= 0.3 is 0 Å². The van der Waals surface area contributed by atoms with E-state index in [1.807, 2.05) is 0 Å². The van der Waals surface area contributed by atoms with Crippen LogP contribution in [0.1, 0.15) is 36.1 Å². The van der Waals surface area contributed by atoms with Crippen LogP contribution < -0.4 is 10.4 Å². The summed E-state index contributed by atoms with van der Waals surface area (Å²) in [5.41, 5.74) is 18.6. The smallest absolute Gasteiger partial charge is 0.0623 e. The lowest BCUT2D eigenvalue weighted by molar-refractivity contribution is 0.660. The number of benzene rings is 9. The lowest BCUT2D eigenvalue weighted by Gasteiger charge is -2.24. The summed E-state index contributed by atoms with van der Waals surface area (Å²) in [7, 11) is -1.97. The van der Waals surface area contributed by atoms with Crippen molar-refractivity contribution in [2.24, 2.45) is 0 Å². The van der Waals surface area contributed by atoms with Gasteiger partial charge in [0.1, 0.15) is 8.07 Å². The van der Waals surface area contributed by atoms with Crippen LogP contribution in [0.3, 0.4) is 0 Å². The topological polar surface area (TPSA) is 0 Å². The second kappa shape index (κ2) is 11.7. The molecule has 0 saturated heterocycles. The molecule has 56 heavy (non-hydrogen) atoms. The first kappa shape index (κ1) is 33.3. The first-order valence-corrected chi connectivity index (χ1v) is 23.1. The van der Waals surface area contributed by atoms with Crippen LogP contribution >= 0.6 is 0 Å². The Kier molecular flexibility index (Phi) is 6.99. The largest absolute Gasteiger partial charge is 0.113 e. The van der Waals surface area contributed by atoms with E-state index in [2.05, 4.69) is 199 Å². The van der Waals surface area contributed by atoms with Gasteiger partial charge in [-0.2, -0.15) is 0 Å². The number of hydrogen-bond acceptors (Lipinski definition) is 0. The maximum atomic E-state index is 2.63. The van der Waals surface area contributed by atoms with Crippen LogP contribution in [0.25, 0.3) is 88.0 Å². The standard InChI is InChI=1S/C55H44Si/c1-33-26-34(2)28-38(27-33)53-44-25-23-36(37-22-24-41-40-17-9-11-20-49(40)55(3,4)50(41)30-37)29-46(44)54(43-19-13-15-35-14-7-8-16-39(35)43)48-32-52-45(31-47(48)53)42-18-10-12-21-51(42)56(52,5)6/h7-32H,1-6H3. The van der Waals surface area contributed by atoms with E-state index in [4.69, 9.17) is 0 Å². The van der Waals surface area contributed by atoms with Crippen LogP contribution in [0.4, 0.5) is 0 Å². The van der Waals surface area contributed by atoms with Gasteiger partial charge in [0.15, 0.2) is 0 Å². The van der Waals surface area contributed by atoms with Crippen LogP contribution in [0.2, 0.25) is 13.1 Å². The second-order valence-corrected chi connectivity index (χ2v) is 21.8. The Labute approximate surface area is 331 Å². The van der Waals surface area contributed by atoms with Gasteiger partial charge in [0.25, 0.3) is 0 Å². The van der Waals surface area contributed by atoms with Crippen molar-refractivity contribution in [2.75, 3.05) is 0 Å². The summed E-state index contributed by atoms with van der Waals surface area (Å²) in [5.74, 6) is 0. The van der Waals surface area contributed by atoms with Crippen LogP contribution in [-0.4, -0.2) is 8.07 Å². The Balaban J connectivity index is 1.29. The van der Waals surface area contributed by atoms with Crippen molar-refractivity contribution in [3.8, 4) is 55.6 Å². The van der Waals surface area contributed by atoms with E-state index >= 15 is 0 Å². The highest BCUT2D eigenvalue weighted by Gasteiger charge is 2.38. The molecule has 9 aromatic carbocycles. The van der Waals surface area contributed by atoms with E-state index in [0.29, 0.717) is 0 Å². The average molecular weight is 733 g/mol. The molecule has 0 atom stereocenters. The Morgan fingerprint density at radius 1 is 0.375 bits per heavy atom. The average Bonchev–Trinajstić information content (AvgIpc) is 3.57. The third kappa shape index (κ3) is 4.64. The fourth-order valence-corrected chi connectivity index (χ4v) is 13.7. The van der Waals surface area contributed by atoms with E-state index in [1.165, 1.54) is 115 Å². The summed E-state index contributed by atoms with van der Waals surface area (Å²) < 4.78 is 0. The highest BCUT2D eigenvalue weighted by atomic mass is 28.3. The molecule has 0 radical (unpaired) electrons. The molecule has 1 heteroatoms. The SMILES string of the molecule is Cc1cc(C)cc(-c2c3ccc(-c4ccc5c(c4)C(C)(C)c4ccccc4-5)cc3c(-c3cccc4ccccc34)c3cc4c(cc23)-c2ccccc2[Si]4(C)C)c1. The van der Waals surface area contributed by atoms with Crippen LogP contribution in [0.15, 0.2) is 158 Å². The molecule has 0 fully saturated rings. The molecule has 11 rings (SSSR count). The van der Waals surface area contributed by atoms with E-state index in [-0.39, 0.29) is 5.41 Å². The molecule has 0 unspecified atom stereocenters. The van der Waals surface area contributed by atoms with Crippen LogP contribution in [0, 0.1) is 13.8 Å².